The van der Waals surface area contributed by atoms with Crippen LogP contribution in [-0.2, 0) is 0 Å². The van der Waals surface area contributed by atoms with Gasteiger partial charge in [-0.25, -0.2) is 0 Å². The van der Waals surface area contributed by atoms with Gasteiger partial charge in [-0.15, -0.1) is 0 Å². The molecule has 0 spiro atoms. The fourth-order valence-corrected chi connectivity index (χ4v) is 3.10. The predicted molar refractivity (Wildman–Crippen MR) is 89.1 cm³/mol. The summed E-state index contributed by atoms with van der Waals surface area (Å²) in [6, 6.07) is 19.4. The van der Waals surface area contributed by atoms with E-state index in [0.717, 1.165) is 32.3 Å². The molecule has 0 aliphatic rings. The zero-order chi connectivity index (χ0) is 14.4. The van der Waals surface area contributed by atoms with Crippen LogP contribution in [0.5, 0.6) is 0 Å². The summed E-state index contributed by atoms with van der Waals surface area (Å²) >= 11 is 6.21. The molecule has 0 aliphatic heterocycles. The summed E-state index contributed by atoms with van der Waals surface area (Å²) in [4.78, 5) is 12.7. The van der Waals surface area contributed by atoms with Gasteiger partial charge >= 0.3 is 0 Å². The first-order valence-electron chi connectivity index (χ1n) is 6.79. The maximum atomic E-state index is 12.7. The lowest BCUT2D eigenvalue weighted by Gasteiger charge is -1.97. The maximum Gasteiger partial charge on any atom is 0.194 e. The van der Waals surface area contributed by atoms with Crippen LogP contribution in [0.2, 0.25) is 5.02 Å². The standard InChI is InChI=1S/C19H11ClO/c20-17-10-2-1-5-13(17)11-16-14-8-3-6-12-7-4-9-15(18(12)14)19(16)21/h1-11H/b16-11-. The molecule has 0 saturated carbocycles. The van der Waals surface area contributed by atoms with Gasteiger partial charge in [0.25, 0.3) is 0 Å². The van der Waals surface area contributed by atoms with E-state index in [9.17, 15) is 4.79 Å². The SMILES string of the molecule is O=c1/c(=C\c2ccccc2Cl)c2cccc3cccc1c32. The third-order valence-electron chi connectivity index (χ3n) is 3.89. The fourth-order valence-electron chi connectivity index (χ4n) is 2.91. The number of rotatable bonds is 1. The molecule has 1 nitrogen and oxygen atoms in total. The maximum absolute atomic E-state index is 12.7. The van der Waals surface area contributed by atoms with Crippen LogP contribution in [0.15, 0.2) is 65.5 Å². The molecule has 100 valence electrons. The normalized spacial score (nSPS) is 12.5. The molecule has 4 aromatic rings. The van der Waals surface area contributed by atoms with Crippen molar-refractivity contribution in [1.29, 1.82) is 0 Å². The summed E-state index contributed by atoms with van der Waals surface area (Å²) in [5, 5.41) is 5.29. The number of hydrogen-bond acceptors (Lipinski definition) is 1. The van der Waals surface area contributed by atoms with Crippen LogP contribution in [-0.4, -0.2) is 0 Å². The van der Waals surface area contributed by atoms with Crippen LogP contribution >= 0.6 is 11.6 Å². The molecular weight excluding hydrogens is 280 g/mol. The van der Waals surface area contributed by atoms with Gasteiger partial charge in [-0.05, 0) is 28.5 Å². The molecule has 0 aliphatic carbocycles. The molecule has 0 amide bonds. The highest BCUT2D eigenvalue weighted by Crippen LogP contribution is 2.23. The van der Waals surface area contributed by atoms with Crippen LogP contribution in [0.25, 0.3) is 27.6 Å². The molecule has 0 radical (unpaired) electrons. The Balaban J connectivity index is 2.20. The Bertz CT molecular complexity index is 1060. The Morgan fingerprint density at radius 3 is 2.29 bits per heavy atom. The minimum absolute atomic E-state index is 0.0710. The molecule has 0 saturated heterocycles. The highest BCUT2D eigenvalue weighted by atomic mass is 35.5. The monoisotopic (exact) mass is 290 g/mol. The largest absolute Gasteiger partial charge is 0.289 e. The van der Waals surface area contributed by atoms with E-state index < -0.39 is 0 Å². The highest BCUT2D eigenvalue weighted by Gasteiger charge is 2.10. The summed E-state index contributed by atoms with van der Waals surface area (Å²) in [5.74, 6) is 0. The van der Waals surface area contributed by atoms with E-state index in [1.165, 1.54) is 0 Å². The van der Waals surface area contributed by atoms with Crippen molar-refractivity contribution < 1.29 is 0 Å². The van der Waals surface area contributed by atoms with Gasteiger partial charge in [0.15, 0.2) is 5.43 Å². The van der Waals surface area contributed by atoms with Crippen molar-refractivity contribution in [2.75, 3.05) is 0 Å². The molecule has 0 unspecified atom stereocenters. The van der Waals surface area contributed by atoms with Gasteiger partial charge in [0.1, 0.15) is 0 Å². The van der Waals surface area contributed by atoms with Crippen LogP contribution in [0.1, 0.15) is 5.56 Å². The number of halogens is 1. The summed E-state index contributed by atoms with van der Waals surface area (Å²) in [7, 11) is 0. The first-order chi connectivity index (χ1) is 10.3. The Kier molecular flexibility index (Phi) is 2.69. The first kappa shape index (κ1) is 12.4. The van der Waals surface area contributed by atoms with E-state index in [0.29, 0.717) is 5.02 Å². The lowest BCUT2D eigenvalue weighted by molar-refractivity contribution is 1.61. The molecule has 0 bridgehead atoms. The summed E-state index contributed by atoms with van der Waals surface area (Å²) in [6.07, 6.45) is 1.89. The molecule has 0 fully saturated rings. The van der Waals surface area contributed by atoms with Crippen LogP contribution < -0.4 is 10.6 Å². The minimum atomic E-state index is 0.0710. The Morgan fingerprint density at radius 2 is 1.52 bits per heavy atom. The third kappa shape index (κ3) is 1.82. The van der Waals surface area contributed by atoms with E-state index >= 15 is 0 Å². The predicted octanol–water partition coefficient (Wildman–Crippen LogP) is 3.99. The average Bonchev–Trinajstić information content (AvgIpc) is 2.78. The summed E-state index contributed by atoms with van der Waals surface area (Å²) in [6.45, 7) is 0. The Morgan fingerprint density at radius 1 is 0.810 bits per heavy atom. The Labute approximate surface area is 126 Å². The first-order valence-corrected chi connectivity index (χ1v) is 7.16. The molecule has 0 N–H and O–H groups in total. The minimum Gasteiger partial charge on any atom is -0.289 e. The molecular formula is C19H11ClO. The zero-order valence-electron chi connectivity index (χ0n) is 11.1. The van der Waals surface area contributed by atoms with Crippen molar-refractivity contribution in [1.82, 2.24) is 0 Å². The lowest BCUT2D eigenvalue weighted by atomic mass is 10.1. The van der Waals surface area contributed by atoms with Gasteiger partial charge < -0.3 is 0 Å². The number of benzene rings is 3. The van der Waals surface area contributed by atoms with Crippen molar-refractivity contribution in [2.24, 2.45) is 0 Å². The highest BCUT2D eigenvalue weighted by molar-refractivity contribution is 6.32. The summed E-state index contributed by atoms with van der Waals surface area (Å²) < 4.78 is 0. The Hall–Kier alpha value is -2.38. The number of hydrogen-bond donors (Lipinski definition) is 0. The average molecular weight is 291 g/mol. The molecule has 21 heavy (non-hydrogen) atoms. The topological polar surface area (TPSA) is 17.1 Å². The van der Waals surface area contributed by atoms with Crippen molar-refractivity contribution in [2.45, 2.75) is 0 Å². The van der Waals surface area contributed by atoms with Gasteiger partial charge in [0, 0.05) is 21.0 Å². The van der Waals surface area contributed by atoms with Crippen molar-refractivity contribution in [3.8, 4) is 0 Å². The van der Waals surface area contributed by atoms with Gasteiger partial charge in [-0.1, -0.05) is 66.2 Å². The van der Waals surface area contributed by atoms with Crippen LogP contribution in [0.3, 0.4) is 0 Å². The quantitative estimate of drug-likeness (QED) is 0.518. The molecule has 2 heteroatoms. The van der Waals surface area contributed by atoms with Gasteiger partial charge in [-0.2, -0.15) is 0 Å². The molecule has 4 aromatic carbocycles. The molecule has 0 heterocycles. The van der Waals surface area contributed by atoms with Crippen molar-refractivity contribution in [3.05, 3.63) is 86.7 Å². The van der Waals surface area contributed by atoms with Crippen molar-refractivity contribution >= 4 is 39.2 Å². The second-order valence-electron chi connectivity index (χ2n) is 5.12. The molecule has 4 rings (SSSR count). The second-order valence-corrected chi connectivity index (χ2v) is 5.53. The smallest absolute Gasteiger partial charge is 0.194 e. The second kappa shape index (κ2) is 4.57. The summed E-state index contributed by atoms with van der Waals surface area (Å²) in [5.41, 5.74) is 0.939. The van der Waals surface area contributed by atoms with E-state index in [-0.39, 0.29) is 5.43 Å². The van der Waals surface area contributed by atoms with E-state index in [4.69, 9.17) is 11.6 Å². The van der Waals surface area contributed by atoms with E-state index in [2.05, 4.69) is 0 Å². The zero-order valence-corrected chi connectivity index (χ0v) is 11.9. The van der Waals surface area contributed by atoms with Gasteiger partial charge in [0.2, 0.25) is 0 Å². The molecule has 0 atom stereocenters. The van der Waals surface area contributed by atoms with E-state index in [1.807, 2.05) is 66.7 Å². The van der Waals surface area contributed by atoms with E-state index in [1.54, 1.807) is 0 Å². The van der Waals surface area contributed by atoms with Crippen LogP contribution in [0, 0.1) is 0 Å². The van der Waals surface area contributed by atoms with Crippen LogP contribution in [0.4, 0.5) is 0 Å². The lowest BCUT2D eigenvalue weighted by Crippen LogP contribution is -2.19. The molecule has 0 aromatic heterocycles. The van der Waals surface area contributed by atoms with Gasteiger partial charge in [0.05, 0.1) is 0 Å². The van der Waals surface area contributed by atoms with Crippen molar-refractivity contribution in [3.63, 3.8) is 0 Å². The fraction of sp³-hybridized carbons (Fsp3) is 0. The third-order valence-corrected chi connectivity index (χ3v) is 4.23. The van der Waals surface area contributed by atoms with Gasteiger partial charge in [-0.3, -0.25) is 4.79 Å².